The highest BCUT2D eigenvalue weighted by molar-refractivity contribution is 7.90. The maximum atomic E-state index is 14.4. The second-order valence-electron chi connectivity index (χ2n) is 10.1. The van der Waals surface area contributed by atoms with Crippen molar-refractivity contribution in [3.05, 3.63) is 83.3 Å². The van der Waals surface area contributed by atoms with Gasteiger partial charge in [-0.25, -0.2) is 16.8 Å². The van der Waals surface area contributed by atoms with Gasteiger partial charge in [0.05, 0.1) is 23.6 Å². The van der Waals surface area contributed by atoms with Crippen LogP contribution in [0.4, 0.5) is 16.1 Å². The molecule has 7 rings (SSSR count). The highest BCUT2D eigenvalue weighted by Crippen LogP contribution is 2.36. The predicted octanol–water partition coefficient (Wildman–Crippen LogP) is 4.87. The Bertz CT molecular complexity index is 1820. The Labute approximate surface area is 225 Å². The Hall–Kier alpha value is -3.89. The maximum absolute atomic E-state index is 14.4. The van der Waals surface area contributed by atoms with Gasteiger partial charge in [0.2, 0.25) is 0 Å². The van der Waals surface area contributed by atoms with E-state index >= 15 is 0 Å². The van der Waals surface area contributed by atoms with Crippen LogP contribution in [0, 0.1) is 12.7 Å². The lowest BCUT2D eigenvalue weighted by Crippen LogP contribution is -2.36. The van der Waals surface area contributed by atoms with Crippen molar-refractivity contribution in [1.82, 2.24) is 8.96 Å². The van der Waals surface area contributed by atoms with Crippen LogP contribution >= 0.6 is 0 Å². The molecule has 10 heteroatoms. The number of hydrogen-bond acceptors (Lipinski definition) is 7. The highest BCUT2D eigenvalue weighted by Gasteiger charge is 2.32. The fourth-order valence-corrected chi connectivity index (χ4v) is 7.19. The third-order valence-electron chi connectivity index (χ3n) is 7.63. The van der Waals surface area contributed by atoms with E-state index < -0.39 is 15.8 Å². The molecule has 0 radical (unpaired) electrons. The summed E-state index contributed by atoms with van der Waals surface area (Å²) in [6.07, 6.45) is 0.439. The number of benzene rings is 3. The molecule has 0 aliphatic carbocycles. The number of aromatic nitrogens is 2. The summed E-state index contributed by atoms with van der Waals surface area (Å²) < 4.78 is 55.0. The minimum absolute atomic E-state index is 0.175. The van der Waals surface area contributed by atoms with Crippen molar-refractivity contribution in [2.75, 3.05) is 42.6 Å². The normalized spacial score (nSPS) is 16.3. The van der Waals surface area contributed by atoms with Crippen LogP contribution in [0.3, 0.4) is 0 Å². The van der Waals surface area contributed by atoms with Gasteiger partial charge < -0.3 is 19.0 Å². The van der Waals surface area contributed by atoms with Crippen molar-refractivity contribution in [2.24, 2.45) is 0 Å². The molecule has 1 saturated heterocycles. The van der Waals surface area contributed by atoms with Crippen molar-refractivity contribution >= 4 is 43.7 Å². The first-order valence-corrected chi connectivity index (χ1v) is 14.4. The maximum Gasteiger partial charge on any atom is 0.298 e. The first kappa shape index (κ1) is 24.2. The lowest BCUT2D eigenvalue weighted by atomic mass is 10.0. The van der Waals surface area contributed by atoms with Crippen LogP contribution in [0.2, 0.25) is 0 Å². The Kier molecular flexibility index (Phi) is 5.64. The second kappa shape index (κ2) is 9.10. The zero-order valence-corrected chi connectivity index (χ0v) is 22.2. The van der Waals surface area contributed by atoms with Gasteiger partial charge in [-0.05, 0) is 55.5 Å². The van der Waals surface area contributed by atoms with Gasteiger partial charge in [-0.3, -0.25) is 0 Å². The van der Waals surface area contributed by atoms with E-state index in [1.165, 1.54) is 16.1 Å². The lowest BCUT2D eigenvalue weighted by Gasteiger charge is -2.28. The molecule has 39 heavy (non-hydrogen) atoms. The average Bonchev–Trinajstić information content (AvgIpc) is 3.52. The van der Waals surface area contributed by atoms with Crippen molar-refractivity contribution in [3.8, 4) is 0 Å². The molecule has 0 atom stereocenters. The molecule has 0 amide bonds. The Morgan fingerprint density at radius 2 is 1.72 bits per heavy atom. The van der Waals surface area contributed by atoms with Crippen molar-refractivity contribution in [3.63, 3.8) is 0 Å². The third-order valence-corrected chi connectivity index (χ3v) is 9.40. The number of hydrogen-bond donors (Lipinski definition) is 0. The van der Waals surface area contributed by atoms with E-state index in [-0.39, 0.29) is 4.90 Å². The van der Waals surface area contributed by atoms with E-state index in [2.05, 4.69) is 4.90 Å². The highest BCUT2D eigenvalue weighted by atomic mass is 32.2. The van der Waals surface area contributed by atoms with E-state index in [1.807, 2.05) is 30.0 Å². The van der Waals surface area contributed by atoms with Gasteiger partial charge in [0.1, 0.15) is 11.3 Å². The van der Waals surface area contributed by atoms with Crippen molar-refractivity contribution in [1.29, 1.82) is 0 Å². The van der Waals surface area contributed by atoms with Gasteiger partial charge in [-0.15, -0.1) is 0 Å². The molecule has 3 aromatic carbocycles. The number of nitrogens with zero attached hydrogens (tertiary/aromatic N) is 4. The number of ether oxygens (including phenoxy) is 1. The summed E-state index contributed by atoms with van der Waals surface area (Å²) in [5.41, 5.74) is 5.35. The van der Waals surface area contributed by atoms with E-state index in [1.54, 1.807) is 30.3 Å². The van der Waals surface area contributed by atoms with E-state index in [9.17, 15) is 12.8 Å². The van der Waals surface area contributed by atoms with Crippen LogP contribution in [0.25, 0.3) is 22.0 Å². The van der Waals surface area contributed by atoms with Crippen LogP contribution in [-0.4, -0.2) is 50.2 Å². The molecule has 2 aliphatic heterocycles. The summed E-state index contributed by atoms with van der Waals surface area (Å²) in [6.45, 7) is 5.89. The van der Waals surface area contributed by atoms with Crippen LogP contribution in [0.5, 0.6) is 0 Å². The molecule has 0 bridgehead atoms. The fourth-order valence-electron chi connectivity index (χ4n) is 5.60. The van der Waals surface area contributed by atoms with Crippen molar-refractivity contribution < 1.29 is 22.0 Å². The van der Waals surface area contributed by atoms with Gasteiger partial charge in [-0.1, -0.05) is 17.7 Å². The standard InChI is InChI=1S/C29H27FN4O4S/c1-19-2-6-22(7-3-19)39(35,36)34-26-10-11-33(18-24(26)23-8-4-20(30)16-27(23)34)29-31-25-17-21(5-9-28(25)38-29)32-12-14-37-15-13-32/h2-9,16-17H,10-15,18H2,1H3. The van der Waals surface area contributed by atoms with E-state index in [0.717, 1.165) is 35.4 Å². The lowest BCUT2D eigenvalue weighted by molar-refractivity contribution is 0.122. The molecule has 1 fully saturated rings. The zero-order valence-electron chi connectivity index (χ0n) is 21.4. The topological polar surface area (TPSA) is 80.8 Å². The fraction of sp³-hybridized carbons (Fsp3) is 0.276. The first-order chi connectivity index (χ1) is 18.9. The van der Waals surface area contributed by atoms with Crippen LogP contribution in [-0.2, 0) is 27.7 Å². The summed E-state index contributed by atoms with van der Waals surface area (Å²) in [5.74, 6) is -0.482. The monoisotopic (exact) mass is 546 g/mol. The predicted molar refractivity (Wildman–Crippen MR) is 147 cm³/mol. The molecule has 8 nitrogen and oxygen atoms in total. The molecule has 0 spiro atoms. The molecule has 200 valence electrons. The number of anilines is 2. The minimum Gasteiger partial charge on any atom is -0.423 e. The number of fused-ring (bicyclic) bond motifs is 4. The third kappa shape index (κ3) is 4.06. The molecule has 2 aromatic heterocycles. The molecular formula is C29H27FN4O4S. The van der Waals surface area contributed by atoms with Crippen molar-refractivity contribution in [2.45, 2.75) is 24.8 Å². The zero-order chi connectivity index (χ0) is 26.7. The quantitative estimate of drug-likeness (QED) is 0.318. The Morgan fingerprint density at radius 3 is 2.51 bits per heavy atom. The van der Waals surface area contributed by atoms with Crippen LogP contribution < -0.4 is 9.80 Å². The summed E-state index contributed by atoms with van der Waals surface area (Å²) in [6, 6.07) is 17.6. The summed E-state index contributed by atoms with van der Waals surface area (Å²) >= 11 is 0. The van der Waals surface area contributed by atoms with Gasteiger partial charge in [0.25, 0.3) is 16.0 Å². The van der Waals surface area contributed by atoms with Gasteiger partial charge in [-0.2, -0.15) is 4.98 Å². The largest absolute Gasteiger partial charge is 0.423 e. The van der Waals surface area contributed by atoms with Crippen LogP contribution in [0.1, 0.15) is 16.8 Å². The molecule has 5 aromatic rings. The molecule has 0 unspecified atom stereocenters. The molecule has 0 saturated carbocycles. The summed E-state index contributed by atoms with van der Waals surface area (Å²) in [4.78, 5) is 9.25. The number of oxazole rings is 1. The smallest absolute Gasteiger partial charge is 0.298 e. The minimum atomic E-state index is -3.94. The average molecular weight is 547 g/mol. The second-order valence-corrected chi connectivity index (χ2v) is 11.9. The number of rotatable bonds is 4. The summed E-state index contributed by atoms with van der Waals surface area (Å²) in [7, 11) is -3.94. The Balaban J connectivity index is 1.28. The van der Waals surface area contributed by atoms with Gasteiger partial charge in [0, 0.05) is 54.9 Å². The van der Waals surface area contributed by atoms with E-state index in [0.29, 0.717) is 60.9 Å². The molecule has 2 aliphatic rings. The molecule has 0 N–H and O–H groups in total. The number of halogens is 1. The van der Waals surface area contributed by atoms with Gasteiger partial charge in [0.15, 0.2) is 5.58 Å². The number of morpholine rings is 1. The first-order valence-electron chi connectivity index (χ1n) is 13.0. The Morgan fingerprint density at radius 1 is 0.923 bits per heavy atom. The SMILES string of the molecule is Cc1ccc(S(=O)(=O)n2c3c(c4ccc(F)cc42)CN(c2nc4cc(N5CCOCC5)ccc4o2)CC3)cc1. The number of aryl methyl sites for hydroxylation is 1. The van der Waals surface area contributed by atoms with E-state index in [4.69, 9.17) is 14.1 Å². The molecular weight excluding hydrogens is 519 g/mol. The molecule has 4 heterocycles. The van der Waals surface area contributed by atoms with Crippen LogP contribution in [0.15, 0.2) is 70.0 Å². The summed E-state index contributed by atoms with van der Waals surface area (Å²) in [5, 5.41) is 0.706. The van der Waals surface area contributed by atoms with Gasteiger partial charge >= 0.3 is 0 Å².